The number of aromatic nitrogens is 2. The fraction of sp³-hybridized carbons (Fsp3) is 0.375. The Morgan fingerprint density at radius 2 is 2.58 bits per heavy atom. The fourth-order valence-corrected chi connectivity index (χ4v) is 0.881. The Kier molecular flexibility index (Phi) is 2.59. The number of hydrogen-bond acceptors (Lipinski definition) is 3. The van der Waals surface area contributed by atoms with E-state index in [9.17, 15) is 4.79 Å². The molecular formula is C8H9N3O. The topological polar surface area (TPSA) is 69.5 Å². The second-order valence-electron chi connectivity index (χ2n) is 2.43. The van der Waals surface area contributed by atoms with Crippen molar-refractivity contribution in [3.05, 3.63) is 17.7 Å². The molecule has 4 nitrogen and oxygen atoms in total. The van der Waals surface area contributed by atoms with Crippen LogP contribution in [0.2, 0.25) is 0 Å². The summed E-state index contributed by atoms with van der Waals surface area (Å²) in [6.45, 7) is 1.93. The maximum Gasteiger partial charge on any atom is 0.210 e. The van der Waals surface area contributed by atoms with E-state index in [2.05, 4.69) is 9.97 Å². The number of nitrogens with one attached hydrogen (secondary N) is 1. The minimum atomic E-state index is 0.00602. The fourth-order valence-electron chi connectivity index (χ4n) is 0.881. The van der Waals surface area contributed by atoms with Crippen LogP contribution < -0.4 is 0 Å². The first-order valence-corrected chi connectivity index (χ1v) is 3.76. The van der Waals surface area contributed by atoms with Gasteiger partial charge in [-0.05, 0) is 6.42 Å². The van der Waals surface area contributed by atoms with Gasteiger partial charge in [-0.2, -0.15) is 5.26 Å². The number of aromatic amines is 1. The van der Waals surface area contributed by atoms with Crippen molar-refractivity contribution in [1.29, 1.82) is 5.26 Å². The summed E-state index contributed by atoms with van der Waals surface area (Å²) in [5.74, 6) is 0.195. The molecule has 0 aliphatic heterocycles. The largest absolute Gasteiger partial charge is 0.327 e. The van der Waals surface area contributed by atoms with E-state index in [4.69, 9.17) is 5.26 Å². The lowest BCUT2D eigenvalue weighted by molar-refractivity contribution is 0.0977. The minimum Gasteiger partial charge on any atom is -0.327 e. The van der Waals surface area contributed by atoms with Gasteiger partial charge in [-0.3, -0.25) is 4.79 Å². The Morgan fingerprint density at radius 1 is 1.83 bits per heavy atom. The number of imidazole rings is 1. The smallest absolute Gasteiger partial charge is 0.210 e. The number of carbonyl (C=O) groups excluding carboxylic acids is 1. The number of ketones is 1. The molecule has 1 aromatic rings. The van der Waals surface area contributed by atoms with E-state index in [0.29, 0.717) is 12.1 Å². The van der Waals surface area contributed by atoms with Crippen molar-refractivity contribution >= 4 is 5.78 Å². The van der Waals surface area contributed by atoms with Crippen LogP contribution in [0.15, 0.2) is 6.20 Å². The van der Waals surface area contributed by atoms with E-state index in [1.807, 2.05) is 13.0 Å². The van der Waals surface area contributed by atoms with Gasteiger partial charge in [-0.1, -0.05) is 6.92 Å². The molecule has 1 aromatic heterocycles. The highest BCUT2D eigenvalue weighted by Crippen LogP contribution is 2.01. The highest BCUT2D eigenvalue weighted by molar-refractivity contribution is 5.94. The molecule has 4 heteroatoms. The molecular weight excluding hydrogens is 154 g/mol. The predicted molar refractivity (Wildman–Crippen MR) is 42.5 cm³/mol. The quantitative estimate of drug-likeness (QED) is 0.682. The van der Waals surface area contributed by atoms with Crippen molar-refractivity contribution in [2.24, 2.45) is 0 Å². The monoisotopic (exact) mass is 163 g/mol. The molecule has 0 aliphatic rings. The van der Waals surface area contributed by atoms with Gasteiger partial charge in [-0.25, -0.2) is 4.98 Å². The Hall–Kier alpha value is -1.63. The van der Waals surface area contributed by atoms with Crippen LogP contribution in [-0.2, 0) is 0 Å². The molecule has 0 bridgehead atoms. The number of rotatable bonds is 3. The highest BCUT2D eigenvalue weighted by Gasteiger charge is 2.07. The van der Waals surface area contributed by atoms with Gasteiger partial charge < -0.3 is 4.98 Å². The van der Waals surface area contributed by atoms with Crippen LogP contribution in [-0.4, -0.2) is 15.8 Å². The third-order valence-corrected chi connectivity index (χ3v) is 1.46. The van der Waals surface area contributed by atoms with E-state index < -0.39 is 0 Å². The molecule has 62 valence electrons. The summed E-state index contributed by atoms with van der Waals surface area (Å²) in [5, 5.41) is 8.41. The molecule has 0 fully saturated rings. The lowest BCUT2D eigenvalue weighted by Gasteiger charge is -1.91. The second-order valence-corrected chi connectivity index (χ2v) is 2.43. The normalized spacial score (nSPS) is 9.33. The first kappa shape index (κ1) is 8.47. The van der Waals surface area contributed by atoms with Crippen LogP contribution in [0.3, 0.4) is 0 Å². The number of nitriles is 1. The van der Waals surface area contributed by atoms with Gasteiger partial charge in [0.05, 0.1) is 6.20 Å². The van der Waals surface area contributed by atoms with Crippen LogP contribution in [0.4, 0.5) is 0 Å². The predicted octanol–water partition coefficient (Wildman–Crippen LogP) is 1.26. The van der Waals surface area contributed by atoms with Gasteiger partial charge in [0, 0.05) is 6.42 Å². The summed E-state index contributed by atoms with van der Waals surface area (Å²) in [5.41, 5.74) is 0.424. The third-order valence-electron chi connectivity index (χ3n) is 1.46. The lowest BCUT2D eigenvalue weighted by atomic mass is 10.2. The maximum absolute atomic E-state index is 11.2. The molecule has 0 saturated heterocycles. The van der Waals surface area contributed by atoms with Crippen LogP contribution in [0.1, 0.15) is 36.1 Å². The minimum absolute atomic E-state index is 0.00602. The Morgan fingerprint density at radius 3 is 3.08 bits per heavy atom. The van der Waals surface area contributed by atoms with Crippen LogP contribution in [0.5, 0.6) is 0 Å². The molecule has 0 spiro atoms. The molecule has 0 amide bonds. The summed E-state index contributed by atoms with van der Waals surface area (Å²) in [6, 6.07) is 1.83. The molecule has 1 N–H and O–H groups in total. The molecule has 1 rings (SSSR count). The van der Waals surface area contributed by atoms with Gasteiger partial charge >= 0.3 is 0 Å². The van der Waals surface area contributed by atoms with Gasteiger partial charge in [-0.15, -0.1) is 0 Å². The summed E-state index contributed by atoms with van der Waals surface area (Å²) < 4.78 is 0. The zero-order valence-corrected chi connectivity index (χ0v) is 6.79. The molecule has 0 aliphatic carbocycles. The Balaban J connectivity index is 2.76. The average Bonchev–Trinajstić information content (AvgIpc) is 2.52. The zero-order valence-electron chi connectivity index (χ0n) is 6.79. The van der Waals surface area contributed by atoms with Crippen LogP contribution in [0.25, 0.3) is 0 Å². The first-order chi connectivity index (χ1) is 5.77. The van der Waals surface area contributed by atoms with Crippen molar-refractivity contribution in [1.82, 2.24) is 9.97 Å². The summed E-state index contributed by atoms with van der Waals surface area (Å²) in [4.78, 5) is 17.5. The van der Waals surface area contributed by atoms with Gasteiger partial charge in [0.25, 0.3) is 0 Å². The van der Waals surface area contributed by atoms with Crippen molar-refractivity contribution < 1.29 is 4.79 Å². The van der Waals surface area contributed by atoms with Crippen molar-refractivity contribution in [2.45, 2.75) is 19.8 Å². The molecule has 0 saturated carbocycles. The first-order valence-electron chi connectivity index (χ1n) is 3.76. The summed E-state index contributed by atoms with van der Waals surface area (Å²) >= 11 is 0. The van der Waals surface area contributed by atoms with Gasteiger partial charge in [0.1, 0.15) is 11.8 Å². The van der Waals surface area contributed by atoms with E-state index in [0.717, 1.165) is 6.42 Å². The van der Waals surface area contributed by atoms with Crippen molar-refractivity contribution in [3.8, 4) is 6.07 Å². The lowest BCUT2D eigenvalue weighted by Crippen LogP contribution is -1.97. The summed E-state index contributed by atoms with van der Waals surface area (Å²) in [6.07, 6.45) is 2.70. The molecule has 0 atom stereocenters. The maximum atomic E-state index is 11.2. The van der Waals surface area contributed by atoms with Gasteiger partial charge in [0.2, 0.25) is 5.82 Å². The van der Waals surface area contributed by atoms with Crippen molar-refractivity contribution in [3.63, 3.8) is 0 Å². The molecule has 0 radical (unpaired) electrons. The van der Waals surface area contributed by atoms with E-state index in [1.165, 1.54) is 6.20 Å². The standard InChI is InChI=1S/C8H9N3O/c1-2-3-7(12)6-5-10-8(4-9)11-6/h5H,2-3H2,1H3,(H,10,11). The van der Waals surface area contributed by atoms with Crippen LogP contribution >= 0.6 is 0 Å². The van der Waals surface area contributed by atoms with E-state index in [1.54, 1.807) is 0 Å². The van der Waals surface area contributed by atoms with Gasteiger partial charge in [0.15, 0.2) is 5.78 Å². The second kappa shape index (κ2) is 3.67. The summed E-state index contributed by atoms with van der Waals surface area (Å²) in [7, 11) is 0. The number of Topliss-reactive ketones (excluding diaryl/α,β-unsaturated/α-hetero) is 1. The molecule has 12 heavy (non-hydrogen) atoms. The highest BCUT2D eigenvalue weighted by atomic mass is 16.1. The zero-order chi connectivity index (χ0) is 8.97. The number of nitrogens with zero attached hydrogens (tertiary/aromatic N) is 2. The number of hydrogen-bond donors (Lipinski definition) is 1. The van der Waals surface area contributed by atoms with E-state index in [-0.39, 0.29) is 11.6 Å². The SMILES string of the molecule is CCCC(=O)c1cnc(C#N)[nH]1. The number of H-pyrrole nitrogens is 1. The van der Waals surface area contributed by atoms with Crippen molar-refractivity contribution in [2.75, 3.05) is 0 Å². The number of carbonyl (C=O) groups is 1. The van der Waals surface area contributed by atoms with E-state index >= 15 is 0 Å². The molecule has 1 heterocycles. The van der Waals surface area contributed by atoms with Crippen LogP contribution in [0, 0.1) is 11.3 Å². The Bertz CT molecular complexity index is 321. The Labute approximate surface area is 70.2 Å². The third kappa shape index (κ3) is 1.70. The average molecular weight is 163 g/mol. The molecule has 0 aromatic carbocycles. The molecule has 0 unspecified atom stereocenters.